The zero-order chi connectivity index (χ0) is 13.7. The van der Waals surface area contributed by atoms with Gasteiger partial charge in [-0.25, -0.2) is 0 Å². The number of pyridine rings is 1. The minimum absolute atomic E-state index is 0.0610. The Morgan fingerprint density at radius 2 is 2.32 bits per heavy atom. The molecule has 2 rings (SSSR count). The summed E-state index contributed by atoms with van der Waals surface area (Å²) in [4.78, 5) is 4.17. The van der Waals surface area contributed by atoms with Crippen LogP contribution in [0.4, 0.5) is 0 Å². The van der Waals surface area contributed by atoms with Crippen molar-refractivity contribution in [3.63, 3.8) is 0 Å². The average Bonchev–Trinajstić information content (AvgIpc) is 2.98. The first-order valence-electron chi connectivity index (χ1n) is 6.87. The van der Waals surface area contributed by atoms with Gasteiger partial charge in [0.25, 0.3) is 0 Å². The number of hydrogen-bond acceptors (Lipinski definition) is 4. The molecule has 1 aromatic rings. The first-order valence-corrected chi connectivity index (χ1v) is 6.87. The van der Waals surface area contributed by atoms with Crippen molar-refractivity contribution in [1.82, 2.24) is 10.3 Å². The van der Waals surface area contributed by atoms with Gasteiger partial charge < -0.3 is 16.3 Å². The van der Waals surface area contributed by atoms with E-state index in [1.807, 2.05) is 12.1 Å². The van der Waals surface area contributed by atoms with Crippen LogP contribution in [0, 0.1) is 5.92 Å². The monoisotopic (exact) mass is 262 g/mol. The van der Waals surface area contributed by atoms with Crippen LogP contribution in [0.25, 0.3) is 0 Å². The summed E-state index contributed by atoms with van der Waals surface area (Å²) < 4.78 is 0. The van der Waals surface area contributed by atoms with Crippen LogP contribution in [0.2, 0.25) is 0 Å². The Hall–Kier alpha value is -1.62. The van der Waals surface area contributed by atoms with E-state index >= 15 is 0 Å². The van der Waals surface area contributed by atoms with Gasteiger partial charge in [-0.05, 0) is 37.3 Å². The van der Waals surface area contributed by atoms with Gasteiger partial charge in [0.1, 0.15) is 5.69 Å². The van der Waals surface area contributed by atoms with Crippen LogP contribution in [0.15, 0.2) is 23.5 Å². The fourth-order valence-corrected chi connectivity index (χ4v) is 2.75. The number of amidine groups is 1. The zero-order valence-corrected chi connectivity index (χ0v) is 11.3. The second-order valence-corrected chi connectivity index (χ2v) is 5.21. The first-order chi connectivity index (χ1) is 9.22. The van der Waals surface area contributed by atoms with Crippen molar-refractivity contribution in [3.8, 4) is 0 Å². The van der Waals surface area contributed by atoms with Crippen molar-refractivity contribution in [2.75, 3.05) is 0 Å². The van der Waals surface area contributed by atoms with E-state index in [-0.39, 0.29) is 5.84 Å². The third-order valence-electron chi connectivity index (χ3n) is 3.96. The van der Waals surface area contributed by atoms with Crippen LogP contribution >= 0.6 is 0 Å². The molecule has 0 bridgehead atoms. The molecule has 1 aromatic heterocycles. The summed E-state index contributed by atoms with van der Waals surface area (Å²) in [7, 11) is 0. The van der Waals surface area contributed by atoms with Gasteiger partial charge in [-0.1, -0.05) is 24.1 Å². The number of hydrogen-bond donors (Lipinski definition) is 3. The van der Waals surface area contributed by atoms with Gasteiger partial charge in [0, 0.05) is 18.8 Å². The molecule has 0 unspecified atom stereocenters. The maximum atomic E-state index is 8.77. The van der Waals surface area contributed by atoms with Gasteiger partial charge in [0.05, 0.1) is 0 Å². The fraction of sp³-hybridized carbons (Fsp3) is 0.571. The number of aromatic nitrogens is 1. The summed E-state index contributed by atoms with van der Waals surface area (Å²) in [6, 6.07) is 4.31. The SMILES string of the molecule is C[C@H](NCc1cccnc1/C(N)=N/O)C1CCCC1. The molecule has 0 aliphatic heterocycles. The highest BCUT2D eigenvalue weighted by Crippen LogP contribution is 2.27. The van der Waals surface area contributed by atoms with Gasteiger partial charge in [-0.3, -0.25) is 4.98 Å². The van der Waals surface area contributed by atoms with E-state index < -0.39 is 0 Å². The third kappa shape index (κ3) is 3.44. The standard InChI is InChI=1S/C14H22N4O/c1-10(11-5-2-3-6-11)17-9-12-7-4-8-16-13(12)14(15)18-19/h4,7-8,10-11,17,19H,2-3,5-6,9H2,1H3,(H2,15,18)/t10-/m0/s1. The highest BCUT2D eigenvalue weighted by atomic mass is 16.4. The van der Waals surface area contributed by atoms with Crippen molar-refractivity contribution >= 4 is 5.84 Å². The highest BCUT2D eigenvalue weighted by molar-refractivity contribution is 5.96. The maximum Gasteiger partial charge on any atom is 0.189 e. The zero-order valence-electron chi connectivity index (χ0n) is 11.3. The molecular weight excluding hydrogens is 240 g/mol. The Bertz CT molecular complexity index is 441. The molecule has 1 aliphatic carbocycles. The lowest BCUT2D eigenvalue weighted by Crippen LogP contribution is -2.32. The minimum Gasteiger partial charge on any atom is -0.409 e. The Kier molecular flexibility index (Phi) is 4.74. The summed E-state index contributed by atoms with van der Waals surface area (Å²) in [6.45, 7) is 2.92. The third-order valence-corrected chi connectivity index (χ3v) is 3.96. The second-order valence-electron chi connectivity index (χ2n) is 5.21. The summed E-state index contributed by atoms with van der Waals surface area (Å²) >= 11 is 0. The number of oxime groups is 1. The van der Waals surface area contributed by atoms with E-state index in [0.29, 0.717) is 18.3 Å². The number of nitrogens with zero attached hydrogens (tertiary/aromatic N) is 2. The van der Waals surface area contributed by atoms with Crippen LogP contribution in [0.3, 0.4) is 0 Å². The summed E-state index contributed by atoms with van der Waals surface area (Å²) in [5, 5.41) is 15.3. The molecule has 0 amide bonds. The smallest absolute Gasteiger partial charge is 0.189 e. The van der Waals surface area contributed by atoms with Crippen LogP contribution in [-0.4, -0.2) is 22.1 Å². The Morgan fingerprint density at radius 3 is 3.00 bits per heavy atom. The Balaban J connectivity index is 1.99. The molecule has 1 atom stereocenters. The van der Waals surface area contributed by atoms with Gasteiger partial charge >= 0.3 is 0 Å². The number of rotatable bonds is 5. The van der Waals surface area contributed by atoms with Crippen LogP contribution in [0.1, 0.15) is 43.9 Å². The lowest BCUT2D eigenvalue weighted by atomic mass is 9.99. The van der Waals surface area contributed by atoms with Gasteiger partial charge in [0.2, 0.25) is 0 Å². The predicted octanol–water partition coefficient (Wildman–Crippen LogP) is 1.84. The molecule has 0 aromatic carbocycles. The molecule has 4 N–H and O–H groups in total. The van der Waals surface area contributed by atoms with Crippen molar-refractivity contribution in [3.05, 3.63) is 29.6 Å². The van der Waals surface area contributed by atoms with E-state index in [1.54, 1.807) is 6.20 Å². The molecule has 0 saturated heterocycles. The normalized spacial score (nSPS) is 18.7. The first kappa shape index (κ1) is 13.8. The second kappa shape index (κ2) is 6.52. The molecule has 0 spiro atoms. The molecule has 5 heteroatoms. The number of nitrogens with one attached hydrogen (secondary N) is 1. The van der Waals surface area contributed by atoms with Crippen LogP contribution < -0.4 is 11.1 Å². The van der Waals surface area contributed by atoms with Crippen LogP contribution in [-0.2, 0) is 6.54 Å². The predicted molar refractivity (Wildman–Crippen MR) is 75.0 cm³/mol. The molecule has 1 fully saturated rings. The topological polar surface area (TPSA) is 83.5 Å². The molecule has 5 nitrogen and oxygen atoms in total. The van der Waals surface area contributed by atoms with Gasteiger partial charge in [-0.2, -0.15) is 0 Å². The molecular formula is C14H22N4O. The maximum absolute atomic E-state index is 8.77. The Labute approximate surface area is 113 Å². The van der Waals surface area contributed by atoms with E-state index in [4.69, 9.17) is 10.9 Å². The molecule has 1 heterocycles. The summed E-state index contributed by atoms with van der Waals surface area (Å²) in [5.41, 5.74) is 7.15. The van der Waals surface area contributed by atoms with E-state index in [0.717, 1.165) is 11.5 Å². The van der Waals surface area contributed by atoms with Crippen molar-refractivity contribution in [1.29, 1.82) is 0 Å². The van der Waals surface area contributed by atoms with Crippen LogP contribution in [0.5, 0.6) is 0 Å². The highest BCUT2D eigenvalue weighted by Gasteiger charge is 2.21. The lowest BCUT2D eigenvalue weighted by Gasteiger charge is -2.21. The minimum atomic E-state index is 0.0610. The molecule has 1 aliphatic rings. The van der Waals surface area contributed by atoms with Crippen molar-refractivity contribution < 1.29 is 5.21 Å². The van der Waals surface area contributed by atoms with E-state index in [9.17, 15) is 0 Å². The van der Waals surface area contributed by atoms with Gasteiger partial charge in [0.15, 0.2) is 5.84 Å². The summed E-state index contributed by atoms with van der Waals surface area (Å²) in [6.07, 6.45) is 6.97. The fourth-order valence-electron chi connectivity index (χ4n) is 2.75. The quantitative estimate of drug-likeness (QED) is 0.327. The van der Waals surface area contributed by atoms with Crippen molar-refractivity contribution in [2.24, 2.45) is 16.8 Å². The lowest BCUT2D eigenvalue weighted by molar-refractivity contribution is 0.318. The Morgan fingerprint density at radius 1 is 1.58 bits per heavy atom. The summed E-state index contributed by atoms with van der Waals surface area (Å²) in [5.74, 6) is 0.829. The number of nitrogens with two attached hydrogens (primary N) is 1. The molecule has 1 saturated carbocycles. The van der Waals surface area contributed by atoms with Gasteiger partial charge in [-0.15, -0.1) is 0 Å². The molecule has 104 valence electrons. The largest absolute Gasteiger partial charge is 0.409 e. The van der Waals surface area contributed by atoms with E-state index in [1.165, 1.54) is 25.7 Å². The average molecular weight is 262 g/mol. The molecule has 19 heavy (non-hydrogen) atoms. The van der Waals surface area contributed by atoms with E-state index in [2.05, 4.69) is 22.4 Å². The molecule has 0 radical (unpaired) electrons. The van der Waals surface area contributed by atoms with Crippen molar-refractivity contribution in [2.45, 2.75) is 45.2 Å².